The van der Waals surface area contributed by atoms with Gasteiger partial charge in [0.05, 0.1) is 26.6 Å². The van der Waals surface area contributed by atoms with E-state index in [-0.39, 0.29) is 22.7 Å². The summed E-state index contributed by atoms with van der Waals surface area (Å²) in [7, 11) is 0. The molecule has 0 atom stereocenters. The number of benzene rings is 2. The van der Waals surface area contributed by atoms with Crippen LogP contribution in [0, 0.1) is 0 Å². The molecular formula is C16H12N2O2S11. The third kappa shape index (κ3) is 4.09. The molecule has 0 aromatic heterocycles. The van der Waals surface area contributed by atoms with Gasteiger partial charge in [-0.05, 0) is 0 Å². The maximum atomic E-state index is 11.0. The number of anilines is 1. The third-order valence-corrected chi connectivity index (χ3v) is 9.36. The van der Waals surface area contributed by atoms with Crippen molar-refractivity contribution in [3.63, 3.8) is 0 Å². The quantitative estimate of drug-likeness (QED) is 0.112. The van der Waals surface area contributed by atoms with Crippen molar-refractivity contribution in [2.24, 2.45) is 0 Å². The van der Waals surface area contributed by atoms with Crippen molar-refractivity contribution >= 4 is 162 Å². The third-order valence-electron chi connectivity index (χ3n) is 4.51. The molecule has 0 spiro atoms. The second kappa shape index (κ2) is 9.76. The first-order valence-corrected chi connectivity index (χ1v) is 12.6. The molecule has 0 aliphatic heterocycles. The van der Waals surface area contributed by atoms with Crippen LogP contribution in [0.5, 0.6) is 0 Å². The summed E-state index contributed by atoms with van der Waals surface area (Å²) >= 11 is 49.8. The van der Waals surface area contributed by atoms with Gasteiger partial charge in [-0.2, -0.15) is 0 Å². The van der Waals surface area contributed by atoms with Crippen LogP contribution in [0.1, 0.15) is 11.1 Å². The molecule has 3 rings (SSSR count). The predicted octanol–water partition coefficient (Wildman–Crippen LogP) is 6.34. The van der Waals surface area contributed by atoms with Crippen LogP contribution in [0.2, 0.25) is 0 Å². The normalized spacial score (nSPS) is 13.6. The predicted molar refractivity (Wildman–Crippen MR) is 157 cm³/mol. The fourth-order valence-corrected chi connectivity index (χ4v) is 6.95. The summed E-state index contributed by atoms with van der Waals surface area (Å²) in [6, 6.07) is 0. The van der Waals surface area contributed by atoms with Crippen LogP contribution < -0.4 is 4.72 Å². The monoisotopic (exact) mass is 616 g/mol. The first-order chi connectivity index (χ1) is 14.4. The minimum absolute atomic E-state index is 0.112. The fourth-order valence-electron chi connectivity index (χ4n) is 3.02. The Morgan fingerprint density at radius 3 is 1.26 bits per heavy atom. The molecule has 2 aromatic carbocycles. The Hall–Kier alpha value is 0.710. The molecule has 0 saturated carbocycles. The zero-order valence-electron chi connectivity index (χ0n) is 14.7. The first kappa shape index (κ1) is 26.3. The van der Waals surface area contributed by atoms with E-state index in [1.54, 1.807) is 0 Å². The smallest absolute Gasteiger partial charge is 0.231 e. The van der Waals surface area contributed by atoms with Gasteiger partial charge in [-0.1, -0.05) is 38.1 Å². The van der Waals surface area contributed by atoms with Crippen LogP contribution in [0.25, 0.3) is 11.1 Å². The van der Waals surface area contributed by atoms with Crippen molar-refractivity contribution in [2.75, 3.05) is 4.72 Å². The maximum Gasteiger partial charge on any atom is 0.231 e. The van der Waals surface area contributed by atoms with Gasteiger partial charge in [-0.25, -0.2) is 3.35 Å². The Morgan fingerprint density at radius 2 is 0.968 bits per heavy atom. The molecule has 2 aromatic rings. The molecule has 15 heteroatoms. The minimum atomic E-state index is -0.220. The van der Waals surface area contributed by atoms with Crippen LogP contribution in [0.3, 0.4) is 0 Å². The van der Waals surface area contributed by atoms with E-state index in [1.165, 1.54) is 0 Å². The van der Waals surface area contributed by atoms with Crippen molar-refractivity contribution in [3.8, 4) is 0 Å². The number of allylic oxidation sites excluding steroid dienone is 2. The molecule has 3 N–H and O–H groups in total. The summed E-state index contributed by atoms with van der Waals surface area (Å²) < 4.78 is 3.68. The van der Waals surface area contributed by atoms with Crippen LogP contribution in [0.4, 0.5) is 11.4 Å². The molecule has 0 amide bonds. The lowest BCUT2D eigenvalue weighted by atomic mass is 9.84. The second-order valence-electron chi connectivity index (χ2n) is 6.08. The molecule has 0 fully saturated rings. The van der Waals surface area contributed by atoms with E-state index >= 15 is 0 Å². The lowest BCUT2D eigenvalue weighted by Gasteiger charge is -2.29. The average molecular weight is 617 g/mol. The molecule has 0 bridgehead atoms. The lowest BCUT2D eigenvalue weighted by molar-refractivity contribution is -0.205. The van der Waals surface area contributed by atoms with Crippen molar-refractivity contribution in [2.45, 2.75) is 39.2 Å². The van der Waals surface area contributed by atoms with Gasteiger partial charge in [0.1, 0.15) is 11.5 Å². The highest BCUT2D eigenvalue weighted by atomic mass is 32.2. The SMILES string of the molecule is OC1=C(c2c(S)c(S)c(NS)c(S)c2S)C(O)=C1c1c(S)c(S)c([N+](=S)[S-])c(S)c1S. The molecule has 4 nitrogen and oxygen atoms in total. The summed E-state index contributed by atoms with van der Waals surface area (Å²) in [4.78, 5) is 2.83. The van der Waals surface area contributed by atoms with Crippen LogP contribution >= 0.6 is 114 Å². The number of hydrogen-bond donors (Lipinski definition) is 12. The van der Waals surface area contributed by atoms with Crippen LogP contribution in [-0.2, 0) is 25.2 Å². The van der Waals surface area contributed by atoms with Crippen LogP contribution in [-0.4, -0.2) is 13.6 Å². The fraction of sp³-hybridized carbons (Fsp3) is 0. The summed E-state index contributed by atoms with van der Waals surface area (Å²) in [5, 5.41) is 21.9. The van der Waals surface area contributed by atoms with E-state index in [0.717, 1.165) is 3.35 Å². The van der Waals surface area contributed by atoms with E-state index in [9.17, 15) is 10.2 Å². The van der Waals surface area contributed by atoms with Crippen LogP contribution in [0.15, 0.2) is 50.7 Å². The largest absolute Gasteiger partial charge is 0.506 e. The van der Waals surface area contributed by atoms with E-state index in [0.29, 0.717) is 61.7 Å². The molecule has 1 aliphatic carbocycles. The average Bonchev–Trinajstić information content (AvgIpc) is 2.71. The summed E-state index contributed by atoms with van der Waals surface area (Å²) in [6.07, 6.45) is 0. The Morgan fingerprint density at radius 1 is 0.645 bits per heavy atom. The topological polar surface area (TPSA) is 55.5 Å². The van der Waals surface area contributed by atoms with Gasteiger partial charge in [0, 0.05) is 40.5 Å². The standard InChI is InChI=1S/C16H12N2O2S11/c19-7-1(3-9(21)13(25)5(17-29)14(26)10(3)22)8(20)2(7)4-11(23)15(27)6(18(30)31)16(28)12(4)24/h17,19-29H. The van der Waals surface area contributed by atoms with E-state index in [4.69, 9.17) is 25.2 Å². The minimum Gasteiger partial charge on any atom is -0.506 e. The number of rotatable bonds is 4. The van der Waals surface area contributed by atoms with Gasteiger partial charge < -0.3 is 14.9 Å². The molecule has 0 saturated heterocycles. The van der Waals surface area contributed by atoms with E-state index < -0.39 is 0 Å². The van der Waals surface area contributed by atoms with Gasteiger partial charge in [0.25, 0.3) is 0 Å². The van der Waals surface area contributed by atoms with Crippen molar-refractivity contribution in [1.29, 1.82) is 0 Å². The second-order valence-corrected chi connectivity index (χ2v) is 10.8. The highest BCUT2D eigenvalue weighted by molar-refractivity contribution is 7.86. The Kier molecular flexibility index (Phi) is 8.28. The van der Waals surface area contributed by atoms with Crippen molar-refractivity contribution in [3.05, 3.63) is 22.6 Å². The Bertz CT molecular complexity index is 1200. The molecule has 0 unspecified atom stereocenters. The lowest BCUT2D eigenvalue weighted by Crippen LogP contribution is -2.14. The van der Waals surface area contributed by atoms with Gasteiger partial charge in [0.15, 0.2) is 0 Å². The Labute approximate surface area is 239 Å². The van der Waals surface area contributed by atoms with Gasteiger partial charge in [0.2, 0.25) is 5.69 Å². The van der Waals surface area contributed by atoms with Gasteiger partial charge >= 0.3 is 0 Å². The number of hydrogen-bond acceptors (Lipinski definition) is 14. The number of aliphatic hydroxyl groups excluding tert-OH is 2. The zero-order chi connectivity index (χ0) is 23.5. The molecule has 0 radical (unpaired) electrons. The van der Waals surface area contributed by atoms with Gasteiger partial charge in [-0.15, -0.1) is 101 Å². The van der Waals surface area contributed by atoms with E-state index in [2.05, 4.69) is 119 Å². The zero-order valence-corrected chi connectivity index (χ0v) is 24.4. The number of nitrogens with zero attached hydrogens (tertiary/aromatic N) is 1. The number of thiol groups is 9. The molecule has 0 heterocycles. The highest BCUT2D eigenvalue weighted by Crippen LogP contribution is 2.55. The molecule has 1 aliphatic rings. The Balaban J connectivity index is 2.27. The molecule has 164 valence electrons. The highest BCUT2D eigenvalue weighted by Gasteiger charge is 2.38. The summed E-state index contributed by atoms with van der Waals surface area (Å²) in [6.45, 7) is 0. The number of nitrogens with one attached hydrogen (secondary N) is 1. The summed E-state index contributed by atoms with van der Waals surface area (Å²) in [5.74, 6) is -0.440. The maximum absolute atomic E-state index is 11.0. The molecular weight excluding hydrogens is 605 g/mol. The molecule has 31 heavy (non-hydrogen) atoms. The van der Waals surface area contributed by atoms with Crippen molar-refractivity contribution < 1.29 is 13.6 Å². The van der Waals surface area contributed by atoms with Crippen molar-refractivity contribution in [1.82, 2.24) is 0 Å². The first-order valence-electron chi connectivity index (χ1n) is 7.80. The van der Waals surface area contributed by atoms with Gasteiger partial charge in [-0.3, -0.25) is 0 Å². The van der Waals surface area contributed by atoms with E-state index in [1.807, 2.05) is 0 Å². The number of aliphatic hydroxyl groups is 2. The summed E-state index contributed by atoms with van der Waals surface area (Å²) in [5.41, 5.74) is 1.75.